The highest BCUT2D eigenvalue weighted by Crippen LogP contribution is 2.47. The summed E-state index contributed by atoms with van der Waals surface area (Å²) in [5, 5.41) is 3.51. The van der Waals surface area contributed by atoms with E-state index in [4.69, 9.17) is 5.73 Å². The largest absolute Gasteiger partial charge is 0.416 e. The summed E-state index contributed by atoms with van der Waals surface area (Å²) in [6.45, 7) is 10.0. The molecule has 1 unspecified atom stereocenters. The van der Waals surface area contributed by atoms with Gasteiger partial charge in [0.15, 0.2) is 0 Å². The van der Waals surface area contributed by atoms with E-state index in [1.54, 1.807) is 0 Å². The van der Waals surface area contributed by atoms with Gasteiger partial charge in [-0.05, 0) is 72.9 Å². The monoisotopic (exact) mass is 532 g/mol. The van der Waals surface area contributed by atoms with Crippen LogP contribution < -0.4 is 16.0 Å². The molecule has 0 radical (unpaired) electrons. The fourth-order valence-electron chi connectivity index (χ4n) is 5.99. The average Bonchev–Trinajstić information content (AvgIpc) is 2.88. The Hall–Kier alpha value is -1.90. The van der Waals surface area contributed by atoms with Crippen LogP contribution in [0.15, 0.2) is 40.1 Å². The molecule has 0 bridgehead atoms. The fourth-order valence-corrected chi connectivity index (χ4v) is 7.17. The van der Waals surface area contributed by atoms with Crippen molar-refractivity contribution in [2.24, 2.45) is 17.6 Å². The molecule has 1 atom stereocenters. The summed E-state index contributed by atoms with van der Waals surface area (Å²) >= 11 is 1.49. The lowest BCUT2D eigenvalue weighted by Crippen LogP contribution is -2.41. The molecule has 37 heavy (non-hydrogen) atoms. The van der Waals surface area contributed by atoms with Crippen LogP contribution in [0.25, 0.3) is 0 Å². The van der Waals surface area contributed by atoms with Crippen LogP contribution in [0.5, 0.6) is 0 Å². The fraction of sp³-hybridized carbons (Fsp3) is 0.586. The quantitative estimate of drug-likeness (QED) is 0.381. The molecule has 0 aromatic heterocycles. The molecule has 2 aromatic rings. The number of piperidine rings is 2. The highest BCUT2D eigenvalue weighted by atomic mass is 32.2. The van der Waals surface area contributed by atoms with Gasteiger partial charge in [-0.25, -0.2) is 0 Å². The molecule has 202 valence electrons. The predicted octanol–water partition coefficient (Wildman–Crippen LogP) is 6.47. The van der Waals surface area contributed by atoms with Crippen molar-refractivity contribution in [2.45, 2.75) is 68.0 Å². The molecule has 2 aromatic carbocycles. The Balaban J connectivity index is 1.39. The molecule has 0 amide bonds. The minimum absolute atomic E-state index is 0.170. The number of nitrogens with two attached hydrogens (primary N) is 1. The van der Waals surface area contributed by atoms with E-state index in [0.29, 0.717) is 30.5 Å². The van der Waals surface area contributed by atoms with E-state index in [9.17, 15) is 13.2 Å². The van der Waals surface area contributed by atoms with Gasteiger partial charge in [0, 0.05) is 72.9 Å². The van der Waals surface area contributed by atoms with Gasteiger partial charge in [0.1, 0.15) is 0 Å². The number of likely N-dealkylation sites (tertiary alicyclic amines) is 1. The van der Waals surface area contributed by atoms with Crippen molar-refractivity contribution in [1.82, 2.24) is 4.90 Å². The maximum absolute atomic E-state index is 13.9. The van der Waals surface area contributed by atoms with Crippen LogP contribution >= 0.6 is 11.8 Å². The smallest absolute Gasteiger partial charge is 0.382 e. The van der Waals surface area contributed by atoms with Gasteiger partial charge < -0.3 is 20.9 Å². The second-order valence-corrected chi connectivity index (χ2v) is 12.3. The van der Waals surface area contributed by atoms with Gasteiger partial charge in [-0.2, -0.15) is 13.2 Å². The standard InChI is InChI=1S/C29H39F3N4S/c1-19(2)21-4-3-10-36(18-21)24-6-5-20-14-25-26(34-23-7-11-35(12-8-23)13-9-33)15-22(29(30,31)32)16-28(25)37-27(20)17-24/h5-6,15-17,19,21,23,34H,3-4,7-14,18,33H2,1-2H3. The maximum Gasteiger partial charge on any atom is 0.416 e. The number of hydrogen-bond acceptors (Lipinski definition) is 5. The zero-order valence-electron chi connectivity index (χ0n) is 21.9. The number of benzene rings is 2. The normalized spacial score (nSPS) is 21.2. The van der Waals surface area contributed by atoms with Crippen LogP contribution in [0.2, 0.25) is 0 Å². The van der Waals surface area contributed by atoms with Gasteiger partial charge in [0.05, 0.1) is 5.56 Å². The van der Waals surface area contributed by atoms with Crippen LogP contribution in [0, 0.1) is 11.8 Å². The minimum Gasteiger partial charge on any atom is -0.382 e. The number of anilines is 2. The zero-order chi connectivity index (χ0) is 26.2. The molecule has 2 fully saturated rings. The summed E-state index contributed by atoms with van der Waals surface area (Å²) in [6, 6.07) is 9.43. The molecule has 0 spiro atoms. The van der Waals surface area contributed by atoms with Crippen molar-refractivity contribution in [3.63, 3.8) is 0 Å². The summed E-state index contributed by atoms with van der Waals surface area (Å²) in [7, 11) is 0. The number of fused-ring (bicyclic) bond motifs is 2. The van der Waals surface area contributed by atoms with Crippen LogP contribution in [-0.4, -0.2) is 50.2 Å². The Labute approximate surface area is 223 Å². The van der Waals surface area contributed by atoms with Gasteiger partial charge in [0.25, 0.3) is 0 Å². The van der Waals surface area contributed by atoms with Crippen molar-refractivity contribution < 1.29 is 13.2 Å². The van der Waals surface area contributed by atoms with E-state index in [1.807, 2.05) is 0 Å². The predicted molar refractivity (Wildman–Crippen MR) is 147 cm³/mol. The first kappa shape index (κ1) is 26.7. The third-order valence-electron chi connectivity index (χ3n) is 8.33. The first-order valence-corrected chi connectivity index (χ1v) is 14.5. The third kappa shape index (κ3) is 6.07. The first-order valence-electron chi connectivity index (χ1n) is 13.7. The van der Waals surface area contributed by atoms with Crippen molar-refractivity contribution in [1.29, 1.82) is 0 Å². The van der Waals surface area contributed by atoms with Crippen molar-refractivity contribution in [2.75, 3.05) is 49.5 Å². The van der Waals surface area contributed by atoms with Crippen molar-refractivity contribution in [3.05, 3.63) is 47.0 Å². The van der Waals surface area contributed by atoms with Crippen molar-refractivity contribution in [3.8, 4) is 0 Å². The number of hydrogen-bond donors (Lipinski definition) is 2. The molecule has 5 rings (SSSR count). The summed E-state index contributed by atoms with van der Waals surface area (Å²) < 4.78 is 41.7. The lowest BCUT2D eigenvalue weighted by Gasteiger charge is -2.37. The Kier molecular flexibility index (Phi) is 7.99. The van der Waals surface area contributed by atoms with E-state index in [1.165, 1.54) is 48.0 Å². The topological polar surface area (TPSA) is 44.5 Å². The number of halogens is 3. The van der Waals surface area contributed by atoms with Gasteiger partial charge >= 0.3 is 6.18 Å². The lowest BCUT2D eigenvalue weighted by molar-refractivity contribution is -0.137. The Morgan fingerprint density at radius 2 is 1.84 bits per heavy atom. The molecule has 3 heterocycles. The van der Waals surface area contributed by atoms with E-state index in [2.05, 4.69) is 47.2 Å². The van der Waals surface area contributed by atoms with Crippen LogP contribution in [0.1, 0.15) is 56.2 Å². The number of nitrogens with one attached hydrogen (secondary N) is 1. The molecular formula is C29H39F3N4S. The van der Waals surface area contributed by atoms with Crippen LogP contribution in [0.3, 0.4) is 0 Å². The summed E-state index contributed by atoms with van der Waals surface area (Å²) in [4.78, 5) is 6.59. The maximum atomic E-state index is 13.9. The van der Waals surface area contributed by atoms with Gasteiger partial charge in [-0.15, -0.1) is 0 Å². The number of nitrogens with zero attached hydrogens (tertiary/aromatic N) is 2. The Bertz CT molecular complexity index is 1100. The molecular weight excluding hydrogens is 493 g/mol. The van der Waals surface area contributed by atoms with Gasteiger partial charge in [0.2, 0.25) is 0 Å². The first-order chi connectivity index (χ1) is 17.7. The number of rotatable bonds is 6. The summed E-state index contributed by atoms with van der Waals surface area (Å²) in [5.41, 5.74) is 9.13. The van der Waals surface area contributed by atoms with Crippen LogP contribution in [0.4, 0.5) is 24.5 Å². The van der Waals surface area contributed by atoms with Crippen molar-refractivity contribution >= 4 is 23.1 Å². The Morgan fingerprint density at radius 1 is 1.05 bits per heavy atom. The highest BCUT2D eigenvalue weighted by Gasteiger charge is 2.34. The van der Waals surface area contributed by atoms with E-state index < -0.39 is 11.7 Å². The Morgan fingerprint density at radius 3 is 2.54 bits per heavy atom. The lowest BCUT2D eigenvalue weighted by atomic mass is 9.87. The second-order valence-electron chi connectivity index (χ2n) is 11.2. The van der Waals surface area contributed by atoms with Gasteiger partial charge in [-0.1, -0.05) is 31.7 Å². The summed E-state index contributed by atoms with van der Waals surface area (Å²) in [5.74, 6) is 1.34. The third-order valence-corrected chi connectivity index (χ3v) is 9.52. The molecule has 3 aliphatic heterocycles. The molecule has 8 heteroatoms. The molecule has 3 aliphatic rings. The summed E-state index contributed by atoms with van der Waals surface area (Å²) in [6.07, 6.45) is 0.544. The molecule has 0 aliphatic carbocycles. The second kappa shape index (κ2) is 11.1. The SMILES string of the molecule is CC(C)C1CCCN(c2ccc3c(c2)Sc2cc(C(F)(F)F)cc(NC4CCN(CCN)CC4)c2C3)C1. The van der Waals surface area contributed by atoms with E-state index in [-0.39, 0.29) is 6.04 Å². The molecule has 4 nitrogen and oxygen atoms in total. The van der Waals surface area contributed by atoms with E-state index in [0.717, 1.165) is 60.9 Å². The average molecular weight is 533 g/mol. The molecule has 3 N–H and O–H groups in total. The highest BCUT2D eigenvalue weighted by molar-refractivity contribution is 7.99. The van der Waals surface area contributed by atoms with Gasteiger partial charge in [-0.3, -0.25) is 0 Å². The molecule has 2 saturated heterocycles. The zero-order valence-corrected chi connectivity index (χ0v) is 22.7. The minimum atomic E-state index is -4.38. The van der Waals surface area contributed by atoms with Crippen LogP contribution in [-0.2, 0) is 12.6 Å². The molecule has 0 saturated carbocycles. The number of alkyl halides is 3. The van der Waals surface area contributed by atoms with E-state index >= 15 is 0 Å².